The van der Waals surface area contributed by atoms with Gasteiger partial charge in [-0.15, -0.1) is 0 Å². The lowest BCUT2D eigenvalue weighted by molar-refractivity contribution is 1.23. The first-order valence-corrected chi connectivity index (χ1v) is 6.98. The molecule has 0 radical (unpaired) electrons. The fraction of sp³-hybridized carbons (Fsp3) is 0.833. The van der Waals surface area contributed by atoms with Gasteiger partial charge in [0.1, 0.15) is 0 Å². The van der Waals surface area contributed by atoms with E-state index in [-0.39, 0.29) is 0 Å². The maximum absolute atomic E-state index is 4.83. The maximum atomic E-state index is 4.83. The molecule has 0 aromatic rings. The van der Waals surface area contributed by atoms with E-state index in [1.807, 2.05) is 5.37 Å². The Bertz CT molecular complexity index is 83.0. The van der Waals surface area contributed by atoms with Gasteiger partial charge in [-0.3, -0.25) is 0 Å². The van der Waals surface area contributed by atoms with Crippen LogP contribution in [-0.2, 0) is 0 Å². The normalized spacial score (nSPS) is 15.5. The molecular weight excluding hydrogens is 132 g/mol. The van der Waals surface area contributed by atoms with E-state index in [0.29, 0.717) is 5.54 Å². The van der Waals surface area contributed by atoms with Gasteiger partial charge in [0.15, 0.2) is 0 Å². The molecule has 0 rings (SSSR count). The minimum atomic E-state index is -0.920. The van der Waals surface area contributed by atoms with Crippen LogP contribution in [0.2, 0.25) is 25.2 Å². The van der Waals surface area contributed by atoms with Gasteiger partial charge < -0.3 is 0 Å². The van der Waals surface area contributed by atoms with Crippen LogP contribution in [0.25, 0.3) is 0 Å². The van der Waals surface area contributed by atoms with E-state index in [2.05, 4.69) is 26.6 Å². The minimum Gasteiger partial charge on any atom is -0.0935 e. The highest BCUT2D eigenvalue weighted by Gasteiger charge is 2.19. The standard InChI is InChI=1S/C6H14SSi/c1-6(5-7)8(2,3)4/h5-6H,1-4H3. The third-order valence-electron chi connectivity index (χ3n) is 1.57. The number of rotatable bonds is 2. The van der Waals surface area contributed by atoms with Crippen LogP contribution in [0.4, 0.5) is 0 Å². The molecule has 0 N–H and O–H groups in total. The third kappa shape index (κ3) is 2.57. The molecule has 0 amide bonds. The van der Waals surface area contributed by atoms with Crippen LogP contribution in [0.15, 0.2) is 0 Å². The Morgan fingerprint density at radius 2 is 1.75 bits per heavy atom. The molecular formula is C6H14SSi. The molecule has 0 saturated heterocycles. The van der Waals surface area contributed by atoms with Crippen LogP contribution in [0.5, 0.6) is 0 Å². The van der Waals surface area contributed by atoms with Crippen molar-refractivity contribution in [3.8, 4) is 0 Å². The fourth-order valence-electron chi connectivity index (χ4n) is 0.204. The van der Waals surface area contributed by atoms with Crippen molar-refractivity contribution in [2.45, 2.75) is 32.1 Å². The zero-order valence-electron chi connectivity index (χ0n) is 6.06. The lowest BCUT2D eigenvalue weighted by atomic mass is 10.6. The second kappa shape index (κ2) is 2.74. The summed E-state index contributed by atoms with van der Waals surface area (Å²) in [6.07, 6.45) is 0. The molecule has 0 aliphatic heterocycles. The molecule has 48 valence electrons. The zero-order chi connectivity index (χ0) is 6.78. The van der Waals surface area contributed by atoms with E-state index in [0.717, 1.165) is 0 Å². The fourth-order valence-corrected chi connectivity index (χ4v) is 1.84. The first kappa shape index (κ1) is 8.31. The molecule has 2 heteroatoms. The van der Waals surface area contributed by atoms with Crippen LogP contribution in [0.1, 0.15) is 6.92 Å². The van der Waals surface area contributed by atoms with E-state index in [9.17, 15) is 0 Å². The Balaban J connectivity index is 3.80. The molecule has 0 bridgehead atoms. The second-order valence-electron chi connectivity index (χ2n) is 3.29. The van der Waals surface area contributed by atoms with Crippen LogP contribution < -0.4 is 0 Å². The average molecular weight is 146 g/mol. The molecule has 0 saturated carbocycles. The van der Waals surface area contributed by atoms with Gasteiger partial charge in [0.05, 0.1) is 8.07 Å². The van der Waals surface area contributed by atoms with E-state index >= 15 is 0 Å². The Morgan fingerprint density at radius 3 is 1.75 bits per heavy atom. The van der Waals surface area contributed by atoms with Crippen molar-refractivity contribution in [2.24, 2.45) is 0 Å². The van der Waals surface area contributed by atoms with Crippen molar-refractivity contribution in [1.29, 1.82) is 0 Å². The van der Waals surface area contributed by atoms with E-state index < -0.39 is 8.07 Å². The van der Waals surface area contributed by atoms with Crippen molar-refractivity contribution in [2.75, 3.05) is 0 Å². The molecule has 0 aliphatic rings. The van der Waals surface area contributed by atoms with Crippen molar-refractivity contribution >= 4 is 25.7 Å². The largest absolute Gasteiger partial charge is 0.0935 e. The third-order valence-corrected chi connectivity index (χ3v) is 5.12. The topological polar surface area (TPSA) is 0 Å². The first-order chi connectivity index (χ1) is 3.48. The predicted molar refractivity (Wildman–Crippen MR) is 46.4 cm³/mol. The summed E-state index contributed by atoms with van der Waals surface area (Å²) in [4.78, 5) is 0. The lowest BCUT2D eigenvalue weighted by Crippen LogP contribution is -2.26. The number of thiocarbonyl (C=S) groups is 1. The van der Waals surface area contributed by atoms with Crippen LogP contribution in [0, 0.1) is 0 Å². The summed E-state index contributed by atoms with van der Waals surface area (Å²) in [7, 11) is -0.920. The maximum Gasteiger partial charge on any atom is 0.0521 e. The van der Waals surface area contributed by atoms with Crippen molar-refractivity contribution in [1.82, 2.24) is 0 Å². The summed E-state index contributed by atoms with van der Waals surface area (Å²) in [5.74, 6) is 0. The van der Waals surface area contributed by atoms with Gasteiger partial charge in [0.2, 0.25) is 0 Å². The van der Waals surface area contributed by atoms with Gasteiger partial charge >= 0.3 is 0 Å². The Hall–Kier alpha value is 0.307. The molecule has 1 unspecified atom stereocenters. The van der Waals surface area contributed by atoms with Crippen molar-refractivity contribution in [3.05, 3.63) is 0 Å². The van der Waals surface area contributed by atoms with Crippen LogP contribution in [0.3, 0.4) is 0 Å². The van der Waals surface area contributed by atoms with Gasteiger partial charge in [0, 0.05) is 0 Å². The Morgan fingerprint density at radius 1 is 1.38 bits per heavy atom. The average Bonchev–Trinajstić information content (AvgIpc) is 1.62. The summed E-state index contributed by atoms with van der Waals surface area (Å²) in [5.41, 5.74) is 0.678. The minimum absolute atomic E-state index is 0.678. The number of hydrogen-bond acceptors (Lipinski definition) is 1. The van der Waals surface area contributed by atoms with E-state index in [4.69, 9.17) is 12.2 Å². The van der Waals surface area contributed by atoms with Crippen LogP contribution in [-0.4, -0.2) is 13.4 Å². The van der Waals surface area contributed by atoms with Gasteiger partial charge in [-0.05, 0) is 10.9 Å². The summed E-state index contributed by atoms with van der Waals surface area (Å²) in [6, 6.07) is 0. The Labute approximate surface area is 58.3 Å². The molecule has 0 fully saturated rings. The Kier molecular flexibility index (Phi) is 2.84. The smallest absolute Gasteiger partial charge is 0.0521 e. The molecule has 0 nitrogen and oxygen atoms in total. The summed E-state index contributed by atoms with van der Waals surface area (Å²) >= 11 is 4.83. The predicted octanol–water partition coefficient (Wildman–Crippen LogP) is 2.71. The summed E-state index contributed by atoms with van der Waals surface area (Å²) < 4.78 is 0. The van der Waals surface area contributed by atoms with Crippen LogP contribution >= 0.6 is 12.2 Å². The highest BCUT2D eigenvalue weighted by molar-refractivity contribution is 7.79. The molecule has 0 aromatic heterocycles. The van der Waals surface area contributed by atoms with Gasteiger partial charge in [-0.2, -0.15) is 0 Å². The van der Waals surface area contributed by atoms with Gasteiger partial charge in [0.25, 0.3) is 0 Å². The van der Waals surface area contributed by atoms with Gasteiger partial charge in [-0.25, -0.2) is 0 Å². The highest BCUT2D eigenvalue weighted by atomic mass is 32.1. The molecule has 8 heavy (non-hydrogen) atoms. The lowest BCUT2D eigenvalue weighted by Gasteiger charge is -2.20. The van der Waals surface area contributed by atoms with E-state index in [1.165, 1.54) is 0 Å². The second-order valence-corrected chi connectivity index (χ2v) is 9.21. The monoisotopic (exact) mass is 146 g/mol. The molecule has 0 heterocycles. The highest BCUT2D eigenvalue weighted by Crippen LogP contribution is 2.17. The molecule has 0 aromatic carbocycles. The first-order valence-electron chi connectivity index (χ1n) is 2.94. The summed E-state index contributed by atoms with van der Waals surface area (Å²) in [5, 5.41) is 1.90. The molecule has 0 spiro atoms. The zero-order valence-corrected chi connectivity index (χ0v) is 7.88. The number of hydrogen-bond donors (Lipinski definition) is 0. The SMILES string of the molecule is CC(C=S)[Si](C)(C)C. The quantitative estimate of drug-likeness (QED) is 0.426. The van der Waals surface area contributed by atoms with Crippen molar-refractivity contribution in [3.63, 3.8) is 0 Å². The van der Waals surface area contributed by atoms with Crippen molar-refractivity contribution < 1.29 is 0 Å². The molecule has 0 aliphatic carbocycles. The van der Waals surface area contributed by atoms with E-state index in [1.54, 1.807) is 0 Å². The van der Waals surface area contributed by atoms with Gasteiger partial charge in [-0.1, -0.05) is 38.8 Å². The molecule has 1 atom stereocenters. The summed E-state index contributed by atoms with van der Waals surface area (Å²) in [6.45, 7) is 9.21.